The molecule has 1 aromatic rings. The maximum atomic E-state index is 10.6. The van der Waals surface area contributed by atoms with Gasteiger partial charge in [0.25, 0.3) is 0 Å². The number of methoxy groups -OCH3 is 2. The monoisotopic (exact) mass is 253 g/mol. The zero-order valence-electron chi connectivity index (χ0n) is 11.1. The molecule has 0 saturated carbocycles. The largest absolute Gasteiger partial charge is 0.497 e. The Morgan fingerprint density at radius 1 is 1.22 bits per heavy atom. The van der Waals surface area contributed by atoms with Crippen LogP contribution < -0.4 is 14.8 Å². The first kappa shape index (κ1) is 14.3. The van der Waals surface area contributed by atoms with Crippen molar-refractivity contribution in [3.05, 3.63) is 23.8 Å². The fraction of sp³-hybridized carbons (Fsp3) is 0.462. The van der Waals surface area contributed by atoms with Crippen molar-refractivity contribution in [3.63, 3.8) is 0 Å². The van der Waals surface area contributed by atoms with Crippen molar-refractivity contribution in [1.82, 2.24) is 5.32 Å². The second-order valence-corrected chi connectivity index (χ2v) is 4.47. The van der Waals surface area contributed by atoms with Crippen LogP contribution in [0.3, 0.4) is 0 Å². The van der Waals surface area contributed by atoms with Crippen LogP contribution in [0.5, 0.6) is 11.5 Å². The number of hydrogen-bond donors (Lipinski definition) is 2. The van der Waals surface area contributed by atoms with E-state index in [9.17, 15) is 4.79 Å². The number of carboxylic acids is 1. The van der Waals surface area contributed by atoms with Gasteiger partial charge < -0.3 is 14.6 Å². The number of hydrogen-bond acceptors (Lipinski definition) is 4. The maximum absolute atomic E-state index is 10.6. The molecule has 0 aliphatic heterocycles. The Bertz CT molecular complexity index is 407. The fourth-order valence-electron chi connectivity index (χ4n) is 1.57. The van der Waals surface area contributed by atoms with Gasteiger partial charge in [-0.15, -0.1) is 0 Å². The average Bonchev–Trinajstić information content (AvgIpc) is 2.35. The zero-order chi connectivity index (χ0) is 13.8. The number of benzene rings is 1. The number of nitrogens with one attached hydrogen (secondary N) is 1. The van der Waals surface area contributed by atoms with Gasteiger partial charge in [-0.25, -0.2) is 0 Å². The summed E-state index contributed by atoms with van der Waals surface area (Å²) in [5.41, 5.74) is 0.417. The number of carboxylic acid groups (broad SMARTS) is 1. The molecular weight excluding hydrogens is 234 g/mol. The third-order valence-electron chi connectivity index (χ3n) is 2.75. The lowest BCUT2D eigenvalue weighted by atomic mass is 9.93. The van der Waals surface area contributed by atoms with Crippen LogP contribution >= 0.6 is 0 Å². The van der Waals surface area contributed by atoms with Crippen LogP contribution in [-0.4, -0.2) is 31.8 Å². The van der Waals surface area contributed by atoms with Crippen LogP contribution in [0, 0.1) is 0 Å². The number of aliphatic carboxylic acids is 1. The van der Waals surface area contributed by atoms with Crippen LogP contribution in [0.25, 0.3) is 0 Å². The molecule has 5 heteroatoms. The zero-order valence-corrected chi connectivity index (χ0v) is 11.1. The van der Waals surface area contributed by atoms with E-state index in [-0.39, 0.29) is 6.54 Å². The molecule has 18 heavy (non-hydrogen) atoms. The summed E-state index contributed by atoms with van der Waals surface area (Å²) in [7, 11) is 3.16. The van der Waals surface area contributed by atoms with Gasteiger partial charge in [0.2, 0.25) is 0 Å². The van der Waals surface area contributed by atoms with Crippen molar-refractivity contribution in [2.45, 2.75) is 19.4 Å². The molecule has 2 N–H and O–H groups in total. The van der Waals surface area contributed by atoms with E-state index in [4.69, 9.17) is 14.6 Å². The number of ether oxygens (including phenoxy) is 2. The Labute approximate surface area is 107 Å². The summed E-state index contributed by atoms with van der Waals surface area (Å²) in [6.07, 6.45) is 0. The van der Waals surface area contributed by atoms with E-state index in [0.29, 0.717) is 11.5 Å². The summed E-state index contributed by atoms with van der Waals surface area (Å²) in [5, 5.41) is 11.7. The molecule has 0 heterocycles. The van der Waals surface area contributed by atoms with Gasteiger partial charge in [-0.2, -0.15) is 0 Å². The van der Waals surface area contributed by atoms with Crippen molar-refractivity contribution in [2.75, 3.05) is 20.8 Å². The Balaban J connectivity index is 3.02. The number of rotatable bonds is 6. The van der Waals surface area contributed by atoms with Crippen molar-refractivity contribution in [2.24, 2.45) is 0 Å². The van der Waals surface area contributed by atoms with E-state index in [2.05, 4.69) is 5.32 Å². The Morgan fingerprint density at radius 3 is 2.11 bits per heavy atom. The highest BCUT2D eigenvalue weighted by molar-refractivity contribution is 5.69. The predicted molar refractivity (Wildman–Crippen MR) is 68.2 cm³/mol. The topological polar surface area (TPSA) is 67.8 Å². The summed E-state index contributed by atoms with van der Waals surface area (Å²) in [6.45, 7) is 3.71. The normalized spacial score (nSPS) is 11.1. The van der Waals surface area contributed by atoms with Crippen LogP contribution in [0.4, 0.5) is 0 Å². The molecule has 0 aliphatic rings. The molecule has 0 amide bonds. The second kappa shape index (κ2) is 5.73. The number of carbonyl (C=O) groups is 1. The molecule has 0 radical (unpaired) electrons. The predicted octanol–water partition coefficient (Wildman–Crippen LogP) is 1.61. The molecule has 0 aromatic heterocycles. The van der Waals surface area contributed by atoms with Crippen molar-refractivity contribution < 1.29 is 19.4 Å². The van der Waals surface area contributed by atoms with Gasteiger partial charge in [0.15, 0.2) is 0 Å². The van der Waals surface area contributed by atoms with Gasteiger partial charge in [-0.1, -0.05) is 0 Å². The molecule has 0 unspecified atom stereocenters. The summed E-state index contributed by atoms with van der Waals surface area (Å²) in [4.78, 5) is 10.6. The van der Waals surface area contributed by atoms with Gasteiger partial charge in [-0.05, 0) is 31.5 Å². The molecule has 0 aliphatic carbocycles. The first-order valence-electron chi connectivity index (χ1n) is 5.59. The Kier molecular flexibility index (Phi) is 4.55. The molecule has 0 bridgehead atoms. The fourth-order valence-corrected chi connectivity index (χ4v) is 1.57. The van der Waals surface area contributed by atoms with Gasteiger partial charge in [0, 0.05) is 11.6 Å². The van der Waals surface area contributed by atoms with E-state index >= 15 is 0 Å². The van der Waals surface area contributed by atoms with E-state index in [1.165, 1.54) is 0 Å². The maximum Gasteiger partial charge on any atom is 0.317 e. The van der Waals surface area contributed by atoms with Crippen LogP contribution in [0.2, 0.25) is 0 Å². The smallest absolute Gasteiger partial charge is 0.317 e. The van der Waals surface area contributed by atoms with Crippen LogP contribution in [0.15, 0.2) is 18.2 Å². The molecule has 0 spiro atoms. The lowest BCUT2D eigenvalue weighted by Crippen LogP contribution is -2.39. The molecule has 100 valence electrons. The van der Waals surface area contributed by atoms with Crippen LogP contribution in [0.1, 0.15) is 19.4 Å². The highest BCUT2D eigenvalue weighted by Crippen LogP contribution is 2.29. The molecule has 1 rings (SSSR count). The summed E-state index contributed by atoms with van der Waals surface area (Å²) >= 11 is 0. The van der Waals surface area contributed by atoms with Crippen LogP contribution in [-0.2, 0) is 10.3 Å². The van der Waals surface area contributed by atoms with Crippen molar-refractivity contribution >= 4 is 5.97 Å². The molecule has 1 aromatic carbocycles. The molecular formula is C13H19NO4. The van der Waals surface area contributed by atoms with E-state index in [1.807, 2.05) is 26.0 Å². The van der Waals surface area contributed by atoms with E-state index < -0.39 is 11.5 Å². The lowest BCUT2D eigenvalue weighted by molar-refractivity contribution is -0.136. The van der Waals surface area contributed by atoms with Crippen molar-refractivity contribution in [1.29, 1.82) is 0 Å². The van der Waals surface area contributed by atoms with Crippen molar-refractivity contribution in [3.8, 4) is 11.5 Å². The molecule has 0 atom stereocenters. The van der Waals surface area contributed by atoms with E-state index in [1.54, 1.807) is 20.3 Å². The third-order valence-corrected chi connectivity index (χ3v) is 2.75. The highest BCUT2D eigenvalue weighted by Gasteiger charge is 2.22. The quantitative estimate of drug-likeness (QED) is 0.806. The van der Waals surface area contributed by atoms with E-state index in [0.717, 1.165) is 5.56 Å². The minimum Gasteiger partial charge on any atom is -0.497 e. The Morgan fingerprint density at radius 2 is 1.72 bits per heavy atom. The minimum absolute atomic E-state index is 0.105. The summed E-state index contributed by atoms with van der Waals surface area (Å²) in [5.74, 6) is 0.460. The minimum atomic E-state index is -0.891. The average molecular weight is 253 g/mol. The van der Waals surface area contributed by atoms with Gasteiger partial charge >= 0.3 is 5.97 Å². The first-order chi connectivity index (χ1) is 8.39. The molecule has 0 saturated heterocycles. The second-order valence-electron chi connectivity index (χ2n) is 4.47. The molecule has 5 nitrogen and oxygen atoms in total. The lowest BCUT2D eigenvalue weighted by Gasteiger charge is -2.27. The van der Waals surface area contributed by atoms with Gasteiger partial charge in [0.05, 0.1) is 20.8 Å². The third kappa shape index (κ3) is 3.63. The SMILES string of the molecule is COc1cc(OC)cc(C(C)(C)NCC(=O)O)c1. The molecule has 0 fully saturated rings. The summed E-state index contributed by atoms with van der Waals surface area (Å²) < 4.78 is 10.4. The Hall–Kier alpha value is -1.75. The van der Waals surface area contributed by atoms with Gasteiger partial charge in [-0.3, -0.25) is 10.1 Å². The first-order valence-corrected chi connectivity index (χ1v) is 5.59. The highest BCUT2D eigenvalue weighted by atomic mass is 16.5. The standard InChI is InChI=1S/C13H19NO4/c1-13(2,14-8-12(15)16)9-5-10(17-3)7-11(6-9)18-4/h5-7,14H,8H2,1-4H3,(H,15,16). The summed E-state index contributed by atoms with van der Waals surface area (Å²) in [6, 6.07) is 5.49. The van der Waals surface area contributed by atoms with Gasteiger partial charge in [0.1, 0.15) is 11.5 Å².